The molecule has 0 heterocycles. The fraction of sp³-hybridized carbons (Fsp3) is 0.393. The molecule has 0 spiro atoms. The molecule has 0 aliphatic heterocycles. The predicted octanol–water partition coefficient (Wildman–Crippen LogP) is 1.10. The molecule has 220 valence electrons. The van der Waals surface area contributed by atoms with Gasteiger partial charge in [0, 0.05) is 5.92 Å². The van der Waals surface area contributed by atoms with Crippen molar-refractivity contribution in [1.82, 2.24) is 21.3 Å². The number of nitrogens with one attached hydrogen (secondary N) is 4. The molecule has 0 fully saturated rings. The molecule has 0 saturated heterocycles. The Morgan fingerprint density at radius 3 is 1.98 bits per heavy atom. The van der Waals surface area contributed by atoms with Crippen LogP contribution in [0.25, 0.3) is 11.1 Å². The molecule has 0 saturated carbocycles. The van der Waals surface area contributed by atoms with E-state index in [-0.39, 0.29) is 12.5 Å². The van der Waals surface area contributed by atoms with Crippen LogP contribution in [0.1, 0.15) is 37.8 Å². The number of ether oxygens (including phenoxy) is 2. The molecule has 0 bridgehead atoms. The van der Waals surface area contributed by atoms with Gasteiger partial charge in [-0.15, -0.1) is 0 Å². The van der Waals surface area contributed by atoms with E-state index >= 15 is 0 Å². The number of amides is 4. The Kier molecular flexibility index (Phi) is 10.3. The molecular weight excluding hydrogens is 536 g/mol. The minimum atomic E-state index is -1.64. The summed E-state index contributed by atoms with van der Waals surface area (Å²) in [5.74, 6) is -3.51. The zero-order valence-electron chi connectivity index (χ0n) is 22.9. The van der Waals surface area contributed by atoms with Crippen LogP contribution in [0.4, 0.5) is 9.59 Å². The highest BCUT2D eigenvalue weighted by atomic mass is 16.6. The van der Waals surface area contributed by atoms with E-state index in [0.29, 0.717) is 0 Å². The second-order valence-corrected chi connectivity index (χ2v) is 10.3. The van der Waals surface area contributed by atoms with Gasteiger partial charge in [-0.3, -0.25) is 9.59 Å². The average Bonchev–Trinajstić information content (AvgIpc) is 3.24. The fourth-order valence-electron chi connectivity index (χ4n) is 4.21. The molecule has 1 aliphatic rings. The van der Waals surface area contributed by atoms with E-state index in [2.05, 4.69) is 21.3 Å². The van der Waals surface area contributed by atoms with Gasteiger partial charge in [0.05, 0.1) is 13.2 Å². The van der Waals surface area contributed by atoms with Gasteiger partial charge in [0.2, 0.25) is 11.8 Å². The third kappa shape index (κ3) is 8.67. The van der Waals surface area contributed by atoms with Crippen molar-refractivity contribution in [1.29, 1.82) is 0 Å². The molecule has 4 amide bonds. The van der Waals surface area contributed by atoms with Crippen LogP contribution in [0.15, 0.2) is 48.5 Å². The molecule has 13 heteroatoms. The van der Waals surface area contributed by atoms with Crippen molar-refractivity contribution in [2.24, 2.45) is 0 Å². The molecule has 0 unspecified atom stereocenters. The Balaban J connectivity index is 1.61. The van der Waals surface area contributed by atoms with E-state index < -0.39 is 67.4 Å². The van der Waals surface area contributed by atoms with Crippen molar-refractivity contribution in [3.05, 3.63) is 59.7 Å². The third-order valence-electron chi connectivity index (χ3n) is 6.04. The molecule has 41 heavy (non-hydrogen) atoms. The molecule has 1 aliphatic carbocycles. The van der Waals surface area contributed by atoms with Gasteiger partial charge < -0.3 is 41.0 Å². The number of hydrogen-bond acceptors (Lipinski definition) is 8. The minimum Gasteiger partial charge on any atom is -0.480 e. The van der Waals surface area contributed by atoms with Crippen molar-refractivity contribution >= 4 is 30.0 Å². The first-order valence-corrected chi connectivity index (χ1v) is 12.9. The highest BCUT2D eigenvalue weighted by Crippen LogP contribution is 2.44. The van der Waals surface area contributed by atoms with Crippen LogP contribution < -0.4 is 21.3 Å². The van der Waals surface area contributed by atoms with Crippen LogP contribution in [-0.4, -0.2) is 84.2 Å². The van der Waals surface area contributed by atoms with Crippen molar-refractivity contribution in [2.45, 2.75) is 44.4 Å². The zero-order valence-corrected chi connectivity index (χ0v) is 22.9. The third-order valence-corrected chi connectivity index (χ3v) is 6.04. The van der Waals surface area contributed by atoms with Gasteiger partial charge in [-0.2, -0.15) is 0 Å². The lowest BCUT2D eigenvalue weighted by atomic mass is 9.98. The Labute approximate surface area is 236 Å². The second kappa shape index (κ2) is 13.6. The van der Waals surface area contributed by atoms with Gasteiger partial charge >= 0.3 is 18.2 Å². The molecule has 3 rings (SSSR count). The number of rotatable bonds is 11. The van der Waals surface area contributed by atoms with Gasteiger partial charge in [-0.1, -0.05) is 48.5 Å². The summed E-state index contributed by atoms with van der Waals surface area (Å²) in [5.41, 5.74) is 3.31. The van der Waals surface area contributed by atoms with Crippen LogP contribution in [0.3, 0.4) is 0 Å². The summed E-state index contributed by atoms with van der Waals surface area (Å²) in [7, 11) is 0. The van der Waals surface area contributed by atoms with Crippen molar-refractivity contribution in [3.8, 4) is 11.1 Å². The number of aliphatic hydroxyl groups is 1. The van der Waals surface area contributed by atoms with Crippen molar-refractivity contribution in [3.63, 3.8) is 0 Å². The number of fused-ring (bicyclic) bond motifs is 3. The lowest BCUT2D eigenvalue weighted by molar-refractivity contribution is -0.143. The van der Waals surface area contributed by atoms with Crippen molar-refractivity contribution in [2.75, 3.05) is 26.3 Å². The average molecular weight is 571 g/mol. The number of benzene rings is 2. The maximum atomic E-state index is 12.7. The highest BCUT2D eigenvalue weighted by Gasteiger charge is 2.30. The van der Waals surface area contributed by atoms with Gasteiger partial charge in [0.1, 0.15) is 30.8 Å². The SMILES string of the molecule is CC(C)(C)OC(=O)NCC(=O)N[C@@H](CNC(=O)OCC1c2ccccc2-c2ccccc21)C(=O)N[C@@H](CO)C(=O)O. The number of carbonyl (C=O) groups is 5. The number of carbonyl (C=O) groups excluding carboxylic acids is 4. The predicted molar refractivity (Wildman–Crippen MR) is 146 cm³/mol. The molecule has 6 N–H and O–H groups in total. The first-order chi connectivity index (χ1) is 19.4. The summed E-state index contributed by atoms with van der Waals surface area (Å²) >= 11 is 0. The van der Waals surface area contributed by atoms with Crippen LogP contribution in [0, 0.1) is 0 Å². The lowest BCUT2D eigenvalue weighted by Crippen LogP contribution is -2.57. The van der Waals surface area contributed by atoms with Gasteiger partial charge in [-0.25, -0.2) is 14.4 Å². The first-order valence-electron chi connectivity index (χ1n) is 12.9. The number of aliphatic hydroxyl groups excluding tert-OH is 1. The van der Waals surface area contributed by atoms with Gasteiger partial charge in [0.25, 0.3) is 0 Å². The summed E-state index contributed by atoms with van der Waals surface area (Å²) in [6.45, 7) is 2.99. The summed E-state index contributed by atoms with van der Waals surface area (Å²) in [4.78, 5) is 60.8. The number of alkyl carbamates (subject to hydrolysis) is 2. The fourth-order valence-corrected chi connectivity index (χ4v) is 4.21. The molecule has 2 aromatic rings. The van der Waals surface area contributed by atoms with Gasteiger partial charge in [-0.05, 0) is 43.0 Å². The van der Waals surface area contributed by atoms with Crippen LogP contribution in [0.2, 0.25) is 0 Å². The van der Waals surface area contributed by atoms with E-state index in [4.69, 9.17) is 14.6 Å². The molecular formula is C28H34N4O9. The molecule has 13 nitrogen and oxygen atoms in total. The van der Waals surface area contributed by atoms with Crippen LogP contribution >= 0.6 is 0 Å². The number of carboxylic acid groups (broad SMARTS) is 1. The lowest BCUT2D eigenvalue weighted by Gasteiger charge is -2.22. The molecule has 0 radical (unpaired) electrons. The van der Waals surface area contributed by atoms with Crippen molar-refractivity contribution < 1.29 is 43.7 Å². The molecule has 2 atom stereocenters. The topological polar surface area (TPSA) is 192 Å². The van der Waals surface area contributed by atoms with Crippen LogP contribution in [0.5, 0.6) is 0 Å². The van der Waals surface area contributed by atoms with E-state index in [0.717, 1.165) is 22.3 Å². The monoisotopic (exact) mass is 570 g/mol. The normalized spacial score (nSPS) is 13.6. The van der Waals surface area contributed by atoms with Crippen LogP contribution in [-0.2, 0) is 23.9 Å². The second-order valence-electron chi connectivity index (χ2n) is 10.3. The minimum absolute atomic E-state index is 0.00842. The van der Waals surface area contributed by atoms with E-state index in [1.165, 1.54) is 0 Å². The largest absolute Gasteiger partial charge is 0.480 e. The standard InChI is InChI=1S/C28H34N4O9/c1-28(2,3)41-27(39)30-13-23(34)31-21(24(35)32-22(14-33)25(36)37)12-29-26(38)40-15-20-18-10-6-4-8-16(18)17-9-5-7-11-19(17)20/h4-11,20-22,33H,12-15H2,1-3H3,(H,29,38)(H,30,39)(H,31,34)(H,32,35)(H,36,37)/t21-,22-/m0/s1. The van der Waals surface area contributed by atoms with Gasteiger partial charge in [0.15, 0.2) is 0 Å². The van der Waals surface area contributed by atoms with E-state index in [9.17, 15) is 29.1 Å². The summed E-state index contributed by atoms with van der Waals surface area (Å²) in [5, 5.41) is 27.4. The first kappa shape index (κ1) is 30.9. The maximum Gasteiger partial charge on any atom is 0.408 e. The Morgan fingerprint density at radius 2 is 1.44 bits per heavy atom. The number of aliphatic carboxylic acids is 1. The molecule has 0 aromatic heterocycles. The zero-order chi connectivity index (χ0) is 30.2. The highest BCUT2D eigenvalue weighted by molar-refractivity contribution is 5.92. The summed E-state index contributed by atoms with van der Waals surface area (Å²) in [6.07, 6.45) is -1.74. The van der Waals surface area contributed by atoms with E-state index in [1.807, 2.05) is 48.5 Å². The summed E-state index contributed by atoms with van der Waals surface area (Å²) in [6, 6.07) is 12.5. The number of hydrogen-bond donors (Lipinski definition) is 6. The maximum absolute atomic E-state index is 12.7. The molecule has 2 aromatic carbocycles. The quantitative estimate of drug-likeness (QED) is 0.229. The van der Waals surface area contributed by atoms with E-state index in [1.54, 1.807) is 20.8 Å². The Morgan fingerprint density at radius 1 is 0.854 bits per heavy atom. The Hall–Kier alpha value is -4.65. The summed E-state index contributed by atoms with van der Waals surface area (Å²) < 4.78 is 10.5. The smallest absolute Gasteiger partial charge is 0.408 e. The number of carboxylic acids is 1. The Bertz CT molecular complexity index is 1250.